The topological polar surface area (TPSA) is 9.23 Å². The van der Waals surface area contributed by atoms with Gasteiger partial charge in [-0.15, -0.1) is 0 Å². The van der Waals surface area contributed by atoms with Crippen molar-refractivity contribution in [2.75, 3.05) is 0 Å². The molecule has 0 saturated carbocycles. The van der Waals surface area contributed by atoms with E-state index < -0.39 is 8.32 Å². The molecule has 0 aromatic rings. The molecule has 0 fully saturated rings. The van der Waals surface area contributed by atoms with Gasteiger partial charge in [0.15, 0.2) is 8.32 Å². The summed E-state index contributed by atoms with van der Waals surface area (Å²) in [4.78, 5) is 0. The zero-order valence-electron chi connectivity index (χ0n) is 12.2. The van der Waals surface area contributed by atoms with Crippen LogP contribution in [0.25, 0.3) is 0 Å². The summed E-state index contributed by atoms with van der Waals surface area (Å²) in [7, 11) is -1.63. The fraction of sp³-hybridized carbons (Fsp3) is 0.714. The molecule has 2 heteroatoms. The van der Waals surface area contributed by atoms with Gasteiger partial charge in [-0.3, -0.25) is 0 Å². The van der Waals surface area contributed by atoms with E-state index in [0.29, 0.717) is 0 Å². The lowest BCUT2D eigenvalue weighted by molar-refractivity contribution is 0.242. The smallest absolute Gasteiger partial charge is 0.192 e. The third kappa shape index (κ3) is 5.13. The highest BCUT2D eigenvalue weighted by molar-refractivity contribution is 6.74. The molecule has 16 heavy (non-hydrogen) atoms. The number of hydrogen-bond acceptors (Lipinski definition) is 1. The maximum atomic E-state index is 6.25. The maximum absolute atomic E-state index is 6.25. The monoisotopic (exact) mass is 240 g/mol. The van der Waals surface area contributed by atoms with Crippen LogP contribution in [0.15, 0.2) is 23.8 Å². The first-order valence-electron chi connectivity index (χ1n) is 6.09. The van der Waals surface area contributed by atoms with Gasteiger partial charge in [-0.25, -0.2) is 0 Å². The predicted octanol–water partition coefficient (Wildman–Crippen LogP) is 4.92. The van der Waals surface area contributed by atoms with E-state index in [1.807, 2.05) is 6.92 Å². The molecular formula is C14H28OSi. The highest BCUT2D eigenvalue weighted by Crippen LogP contribution is 2.37. The Kier molecular flexibility index (Phi) is 5.70. The van der Waals surface area contributed by atoms with Crippen molar-refractivity contribution in [1.29, 1.82) is 0 Å². The Morgan fingerprint density at radius 3 is 2.12 bits per heavy atom. The zero-order chi connectivity index (χ0) is 13.0. The number of hydrogen-bond donors (Lipinski definition) is 0. The molecule has 0 aromatic heterocycles. The van der Waals surface area contributed by atoms with Crippen LogP contribution in [-0.4, -0.2) is 14.4 Å². The second-order valence-corrected chi connectivity index (χ2v) is 10.8. The van der Waals surface area contributed by atoms with Crippen LogP contribution >= 0.6 is 0 Å². The van der Waals surface area contributed by atoms with Crippen molar-refractivity contribution in [3.05, 3.63) is 23.8 Å². The van der Waals surface area contributed by atoms with Gasteiger partial charge in [-0.1, -0.05) is 44.6 Å². The van der Waals surface area contributed by atoms with E-state index in [1.54, 1.807) is 0 Å². The molecule has 0 rings (SSSR count). The van der Waals surface area contributed by atoms with Crippen LogP contribution in [0.4, 0.5) is 0 Å². The first-order valence-corrected chi connectivity index (χ1v) is 9.00. The van der Waals surface area contributed by atoms with E-state index in [9.17, 15) is 0 Å². The summed E-state index contributed by atoms with van der Waals surface area (Å²) in [6.07, 6.45) is 6.58. The van der Waals surface area contributed by atoms with Gasteiger partial charge >= 0.3 is 0 Å². The molecule has 0 amide bonds. The van der Waals surface area contributed by atoms with Crippen LogP contribution in [0.1, 0.15) is 41.5 Å². The predicted molar refractivity (Wildman–Crippen MR) is 76.3 cm³/mol. The molecule has 0 N–H and O–H groups in total. The molecule has 0 saturated heterocycles. The van der Waals surface area contributed by atoms with Crippen LogP contribution in [0, 0.1) is 0 Å². The van der Waals surface area contributed by atoms with Gasteiger partial charge in [0.05, 0.1) is 6.10 Å². The van der Waals surface area contributed by atoms with E-state index in [1.165, 1.54) is 5.57 Å². The van der Waals surface area contributed by atoms with E-state index >= 15 is 0 Å². The van der Waals surface area contributed by atoms with Crippen molar-refractivity contribution in [3.8, 4) is 0 Å². The van der Waals surface area contributed by atoms with E-state index in [2.05, 4.69) is 65.9 Å². The molecule has 0 radical (unpaired) electrons. The van der Waals surface area contributed by atoms with Crippen molar-refractivity contribution in [3.63, 3.8) is 0 Å². The molecule has 1 nitrogen and oxygen atoms in total. The summed E-state index contributed by atoms with van der Waals surface area (Å²) >= 11 is 0. The second kappa shape index (κ2) is 5.83. The van der Waals surface area contributed by atoms with Crippen molar-refractivity contribution < 1.29 is 4.43 Å². The van der Waals surface area contributed by atoms with Gasteiger partial charge in [-0.2, -0.15) is 0 Å². The quantitative estimate of drug-likeness (QED) is 0.500. The molecule has 0 aromatic carbocycles. The maximum Gasteiger partial charge on any atom is 0.192 e. The summed E-state index contributed by atoms with van der Waals surface area (Å²) in [6.45, 7) is 17.7. The largest absolute Gasteiger partial charge is 0.411 e. The van der Waals surface area contributed by atoms with Gasteiger partial charge in [0.1, 0.15) is 0 Å². The Balaban J connectivity index is 4.58. The Morgan fingerprint density at radius 2 is 1.75 bits per heavy atom. The minimum Gasteiger partial charge on any atom is -0.411 e. The van der Waals surface area contributed by atoms with E-state index in [-0.39, 0.29) is 11.1 Å². The lowest BCUT2D eigenvalue weighted by Gasteiger charge is -2.38. The minimum absolute atomic E-state index is 0.206. The molecular weight excluding hydrogens is 212 g/mol. The number of allylic oxidation sites excluding steroid dienone is 3. The van der Waals surface area contributed by atoms with Crippen LogP contribution in [0.5, 0.6) is 0 Å². The minimum atomic E-state index is -1.63. The molecule has 0 bridgehead atoms. The number of rotatable bonds is 4. The summed E-state index contributed by atoms with van der Waals surface area (Å²) < 4.78 is 6.25. The Bertz CT molecular complexity index is 269. The average molecular weight is 240 g/mol. The molecule has 0 aliphatic heterocycles. The zero-order valence-corrected chi connectivity index (χ0v) is 13.2. The van der Waals surface area contributed by atoms with Crippen LogP contribution in [-0.2, 0) is 4.43 Å². The highest BCUT2D eigenvalue weighted by atomic mass is 28.4. The van der Waals surface area contributed by atoms with Gasteiger partial charge in [0, 0.05) is 0 Å². The third-order valence-electron chi connectivity index (χ3n) is 3.21. The molecule has 1 unspecified atom stereocenters. The Hall–Kier alpha value is -0.343. The molecule has 1 atom stereocenters. The van der Waals surface area contributed by atoms with E-state index in [4.69, 9.17) is 4.43 Å². The van der Waals surface area contributed by atoms with Crippen molar-refractivity contribution in [2.45, 2.75) is 65.8 Å². The summed E-state index contributed by atoms with van der Waals surface area (Å²) in [5.41, 5.74) is 1.27. The molecule has 0 heterocycles. The second-order valence-electron chi connectivity index (χ2n) is 5.99. The van der Waals surface area contributed by atoms with Gasteiger partial charge < -0.3 is 4.43 Å². The third-order valence-corrected chi connectivity index (χ3v) is 7.79. The summed E-state index contributed by atoms with van der Waals surface area (Å²) in [5.74, 6) is 0. The lowest BCUT2D eigenvalue weighted by atomic mass is 10.2. The van der Waals surface area contributed by atoms with Crippen molar-refractivity contribution in [2.24, 2.45) is 0 Å². The fourth-order valence-corrected chi connectivity index (χ4v) is 2.72. The SMILES string of the molecule is C/C=C/C(C)=C/C(C)O[Si](C)(C)C(C)(C)C. The Morgan fingerprint density at radius 1 is 1.25 bits per heavy atom. The van der Waals surface area contributed by atoms with Crippen LogP contribution in [0.3, 0.4) is 0 Å². The molecule has 0 aliphatic carbocycles. The standard InChI is InChI=1S/C14H28OSi/c1-9-10-12(2)11-13(3)15-16(7,8)14(4,5)6/h9-11,13H,1-8H3/b10-9+,12-11+. The molecule has 0 aliphatic rings. The average Bonchev–Trinajstić information content (AvgIpc) is 1.99. The van der Waals surface area contributed by atoms with Crippen LogP contribution < -0.4 is 0 Å². The van der Waals surface area contributed by atoms with Gasteiger partial charge in [0.25, 0.3) is 0 Å². The van der Waals surface area contributed by atoms with Crippen LogP contribution in [0.2, 0.25) is 18.1 Å². The van der Waals surface area contributed by atoms with Crippen molar-refractivity contribution in [1.82, 2.24) is 0 Å². The van der Waals surface area contributed by atoms with Gasteiger partial charge in [-0.05, 0) is 38.9 Å². The normalized spacial score (nSPS) is 16.9. The summed E-state index contributed by atoms with van der Waals surface area (Å²) in [5, 5.41) is 0.281. The van der Waals surface area contributed by atoms with Gasteiger partial charge in [0.2, 0.25) is 0 Å². The first kappa shape index (κ1) is 15.7. The fourth-order valence-electron chi connectivity index (χ4n) is 1.36. The first-order chi connectivity index (χ1) is 7.10. The highest BCUT2D eigenvalue weighted by Gasteiger charge is 2.37. The summed E-state index contributed by atoms with van der Waals surface area (Å²) in [6, 6.07) is 0. The molecule has 0 spiro atoms. The Labute approximate surface area is 103 Å². The molecule has 94 valence electrons. The lowest BCUT2D eigenvalue weighted by Crippen LogP contribution is -2.42. The van der Waals surface area contributed by atoms with E-state index in [0.717, 1.165) is 0 Å². The van der Waals surface area contributed by atoms with Crippen molar-refractivity contribution >= 4 is 8.32 Å².